The van der Waals surface area contributed by atoms with Gasteiger partial charge in [-0.3, -0.25) is 4.79 Å². The maximum absolute atomic E-state index is 12.0. The lowest BCUT2D eigenvalue weighted by atomic mass is 10.1. The molecule has 1 aliphatic heterocycles. The van der Waals surface area contributed by atoms with Gasteiger partial charge in [0.25, 0.3) is 5.91 Å². The van der Waals surface area contributed by atoms with E-state index >= 15 is 0 Å². The van der Waals surface area contributed by atoms with Crippen molar-refractivity contribution in [1.29, 1.82) is 5.26 Å². The normalized spacial score (nSPS) is 18.3. The molecule has 94 valence electrons. The number of benzene rings is 1. The molecule has 0 bridgehead atoms. The number of amides is 1. The lowest BCUT2D eigenvalue weighted by Crippen LogP contribution is -2.35. The van der Waals surface area contributed by atoms with Gasteiger partial charge in [0.2, 0.25) is 0 Å². The van der Waals surface area contributed by atoms with Crippen LogP contribution in [0.5, 0.6) is 0 Å². The van der Waals surface area contributed by atoms with Gasteiger partial charge in [-0.25, -0.2) is 0 Å². The predicted octanol–water partition coefficient (Wildman–Crippen LogP) is 1.70. The molecule has 0 spiro atoms. The van der Waals surface area contributed by atoms with Crippen LogP contribution in [0.1, 0.15) is 24.0 Å². The summed E-state index contributed by atoms with van der Waals surface area (Å²) >= 11 is 0. The van der Waals surface area contributed by atoms with Crippen LogP contribution in [0.15, 0.2) is 24.3 Å². The molecule has 1 atom stereocenters. The van der Waals surface area contributed by atoms with Crippen molar-refractivity contribution in [3.8, 4) is 6.07 Å². The summed E-state index contributed by atoms with van der Waals surface area (Å²) in [4.78, 5) is 13.7. The van der Waals surface area contributed by atoms with Gasteiger partial charge in [-0.2, -0.15) is 5.26 Å². The number of nitrogens with zero attached hydrogens (tertiary/aromatic N) is 2. The third kappa shape index (κ3) is 2.88. The zero-order valence-corrected chi connectivity index (χ0v) is 10.4. The van der Waals surface area contributed by atoms with Crippen molar-refractivity contribution in [1.82, 2.24) is 4.90 Å². The fourth-order valence-corrected chi connectivity index (χ4v) is 2.05. The average molecular weight is 244 g/mol. The zero-order valence-electron chi connectivity index (χ0n) is 10.4. The summed E-state index contributed by atoms with van der Waals surface area (Å²) in [5, 5.41) is 8.71. The highest BCUT2D eigenvalue weighted by molar-refractivity contribution is 5.80. The number of carbonyl (C=O) groups excluding carboxylic acids is 1. The van der Waals surface area contributed by atoms with Crippen molar-refractivity contribution in [2.24, 2.45) is 0 Å². The molecule has 1 heterocycles. The molecule has 18 heavy (non-hydrogen) atoms. The zero-order chi connectivity index (χ0) is 13.0. The first-order valence-electron chi connectivity index (χ1n) is 6.06. The maximum atomic E-state index is 12.0. The van der Waals surface area contributed by atoms with E-state index in [4.69, 9.17) is 10.00 Å². The van der Waals surface area contributed by atoms with Crippen LogP contribution in [0, 0.1) is 11.3 Å². The molecule has 0 saturated carbocycles. The molecule has 1 aromatic rings. The lowest BCUT2D eigenvalue weighted by molar-refractivity contribution is -0.140. The fourth-order valence-electron chi connectivity index (χ4n) is 2.05. The van der Waals surface area contributed by atoms with E-state index < -0.39 is 0 Å². The van der Waals surface area contributed by atoms with E-state index in [0.29, 0.717) is 18.7 Å². The molecule has 2 rings (SSSR count). The molecule has 0 aliphatic carbocycles. The van der Waals surface area contributed by atoms with Crippen LogP contribution in [0.2, 0.25) is 0 Å². The number of ether oxygens (including phenoxy) is 1. The van der Waals surface area contributed by atoms with E-state index in [1.165, 1.54) is 0 Å². The molecule has 1 amide bonds. The van der Waals surface area contributed by atoms with Gasteiger partial charge in [-0.05, 0) is 30.5 Å². The summed E-state index contributed by atoms with van der Waals surface area (Å²) < 4.78 is 5.38. The number of likely N-dealkylation sites (N-methyl/N-ethyl adjacent to an activating group) is 1. The molecule has 0 radical (unpaired) electrons. The number of nitriles is 1. The second-order valence-electron chi connectivity index (χ2n) is 4.50. The Labute approximate surface area is 107 Å². The number of hydrogen-bond acceptors (Lipinski definition) is 3. The topological polar surface area (TPSA) is 53.3 Å². The van der Waals surface area contributed by atoms with Gasteiger partial charge >= 0.3 is 0 Å². The number of rotatable bonds is 3. The molecule has 4 heteroatoms. The second kappa shape index (κ2) is 5.65. The molecular formula is C14H16N2O2. The minimum atomic E-state index is -0.270. The minimum Gasteiger partial charge on any atom is -0.368 e. The smallest absolute Gasteiger partial charge is 0.251 e. The summed E-state index contributed by atoms with van der Waals surface area (Å²) in [6.07, 6.45) is 1.51. The molecule has 1 fully saturated rings. The summed E-state index contributed by atoms with van der Waals surface area (Å²) in [5.41, 5.74) is 1.65. The van der Waals surface area contributed by atoms with Crippen LogP contribution in [-0.2, 0) is 16.1 Å². The van der Waals surface area contributed by atoms with Gasteiger partial charge in [0, 0.05) is 20.2 Å². The van der Waals surface area contributed by atoms with E-state index in [0.717, 1.165) is 18.4 Å². The van der Waals surface area contributed by atoms with Gasteiger partial charge in [0.05, 0.1) is 11.6 Å². The Kier molecular flexibility index (Phi) is 3.96. The molecule has 1 saturated heterocycles. The van der Waals surface area contributed by atoms with Gasteiger partial charge in [0.15, 0.2) is 0 Å². The van der Waals surface area contributed by atoms with Crippen molar-refractivity contribution in [3.63, 3.8) is 0 Å². The van der Waals surface area contributed by atoms with Crippen LogP contribution in [0.4, 0.5) is 0 Å². The molecular weight excluding hydrogens is 228 g/mol. The highest BCUT2D eigenvalue weighted by atomic mass is 16.5. The van der Waals surface area contributed by atoms with Gasteiger partial charge in [0.1, 0.15) is 6.10 Å². The first-order chi connectivity index (χ1) is 8.70. The van der Waals surface area contributed by atoms with Crippen molar-refractivity contribution in [2.45, 2.75) is 25.5 Å². The van der Waals surface area contributed by atoms with E-state index in [1.807, 2.05) is 12.1 Å². The summed E-state index contributed by atoms with van der Waals surface area (Å²) in [6.45, 7) is 1.23. The van der Waals surface area contributed by atoms with E-state index in [2.05, 4.69) is 6.07 Å². The summed E-state index contributed by atoms with van der Waals surface area (Å²) in [5.74, 6) is 0.0388. The molecule has 1 aliphatic rings. The van der Waals surface area contributed by atoms with Gasteiger partial charge in [-0.15, -0.1) is 0 Å². The van der Waals surface area contributed by atoms with Crippen molar-refractivity contribution < 1.29 is 9.53 Å². The largest absolute Gasteiger partial charge is 0.368 e. The fraction of sp³-hybridized carbons (Fsp3) is 0.429. The predicted molar refractivity (Wildman–Crippen MR) is 66.6 cm³/mol. The SMILES string of the molecule is CN(Cc1ccc(C#N)cc1)C(=O)C1CCCO1. The van der Waals surface area contributed by atoms with Crippen molar-refractivity contribution in [3.05, 3.63) is 35.4 Å². The Morgan fingerprint density at radius 1 is 1.50 bits per heavy atom. The second-order valence-corrected chi connectivity index (χ2v) is 4.50. The van der Waals surface area contributed by atoms with Crippen LogP contribution < -0.4 is 0 Å². The Hall–Kier alpha value is -1.86. The highest BCUT2D eigenvalue weighted by Crippen LogP contribution is 2.15. The molecule has 1 aromatic carbocycles. The van der Waals surface area contributed by atoms with E-state index in [1.54, 1.807) is 24.1 Å². The Morgan fingerprint density at radius 2 is 2.22 bits per heavy atom. The summed E-state index contributed by atoms with van der Waals surface area (Å²) in [6, 6.07) is 9.35. The third-order valence-electron chi connectivity index (χ3n) is 3.08. The Balaban J connectivity index is 1.95. The minimum absolute atomic E-state index is 0.0388. The van der Waals surface area contributed by atoms with Gasteiger partial charge in [-0.1, -0.05) is 12.1 Å². The number of hydrogen-bond donors (Lipinski definition) is 0. The lowest BCUT2D eigenvalue weighted by Gasteiger charge is -2.20. The monoisotopic (exact) mass is 244 g/mol. The van der Waals surface area contributed by atoms with Crippen molar-refractivity contribution in [2.75, 3.05) is 13.7 Å². The van der Waals surface area contributed by atoms with E-state index in [-0.39, 0.29) is 12.0 Å². The maximum Gasteiger partial charge on any atom is 0.251 e. The van der Waals surface area contributed by atoms with E-state index in [9.17, 15) is 4.79 Å². The molecule has 0 N–H and O–H groups in total. The molecule has 4 nitrogen and oxygen atoms in total. The standard InChI is InChI=1S/C14H16N2O2/c1-16(14(17)13-3-2-8-18-13)10-12-6-4-11(9-15)5-7-12/h4-7,13H,2-3,8,10H2,1H3. The van der Waals surface area contributed by atoms with Crippen molar-refractivity contribution >= 4 is 5.91 Å². The molecule has 0 aromatic heterocycles. The third-order valence-corrected chi connectivity index (χ3v) is 3.08. The Morgan fingerprint density at radius 3 is 2.78 bits per heavy atom. The summed E-state index contributed by atoms with van der Waals surface area (Å²) in [7, 11) is 1.78. The average Bonchev–Trinajstić information content (AvgIpc) is 2.92. The quantitative estimate of drug-likeness (QED) is 0.813. The first kappa shape index (κ1) is 12.6. The first-order valence-corrected chi connectivity index (χ1v) is 6.06. The van der Waals surface area contributed by atoms with Gasteiger partial charge < -0.3 is 9.64 Å². The molecule has 1 unspecified atom stereocenters. The number of carbonyl (C=O) groups is 1. The van der Waals surface area contributed by atoms with Crippen LogP contribution in [0.3, 0.4) is 0 Å². The van der Waals surface area contributed by atoms with Crippen LogP contribution >= 0.6 is 0 Å². The van der Waals surface area contributed by atoms with Crippen LogP contribution in [0.25, 0.3) is 0 Å². The van der Waals surface area contributed by atoms with Crippen LogP contribution in [-0.4, -0.2) is 30.6 Å². The highest BCUT2D eigenvalue weighted by Gasteiger charge is 2.26. The Bertz CT molecular complexity index is 456.